The molecule has 0 unspecified atom stereocenters. The van der Waals surface area contributed by atoms with Gasteiger partial charge >= 0.3 is 0 Å². The van der Waals surface area contributed by atoms with E-state index in [1.54, 1.807) is 41.3 Å². The van der Waals surface area contributed by atoms with Gasteiger partial charge in [0, 0.05) is 35.1 Å². The molecule has 3 aromatic rings. The molecule has 0 saturated heterocycles. The van der Waals surface area contributed by atoms with E-state index in [0.29, 0.717) is 17.8 Å². The zero-order chi connectivity index (χ0) is 24.4. The first-order chi connectivity index (χ1) is 16.9. The lowest BCUT2D eigenvalue weighted by Gasteiger charge is -2.17. The smallest absolute Gasteiger partial charge is 0.258 e. The van der Waals surface area contributed by atoms with Crippen LogP contribution < -0.4 is 14.9 Å². The van der Waals surface area contributed by atoms with Crippen LogP contribution in [0.4, 0.5) is 11.4 Å². The van der Waals surface area contributed by atoms with Gasteiger partial charge in [-0.25, -0.2) is 13.1 Å². The molecule has 0 atom stereocenters. The molecular weight excluding hydrogens is 462 g/mol. The molecule has 2 amide bonds. The first-order valence-corrected chi connectivity index (χ1v) is 13.3. The number of rotatable bonds is 6. The lowest BCUT2D eigenvalue weighted by Crippen LogP contribution is -2.32. The SMILES string of the molecule is O=C(Nc1ccc(C(=O)N2CCc3ccccc32)cc1)c1cccc(S(=O)(=O)NC2CCCC2)c1. The summed E-state index contributed by atoms with van der Waals surface area (Å²) in [5.41, 5.74) is 3.39. The van der Waals surface area contributed by atoms with Crippen molar-refractivity contribution < 1.29 is 18.0 Å². The van der Waals surface area contributed by atoms with Gasteiger partial charge in [-0.15, -0.1) is 0 Å². The molecule has 180 valence electrons. The highest BCUT2D eigenvalue weighted by molar-refractivity contribution is 7.89. The van der Waals surface area contributed by atoms with E-state index in [9.17, 15) is 18.0 Å². The molecule has 0 radical (unpaired) electrons. The Labute approximate surface area is 205 Å². The van der Waals surface area contributed by atoms with E-state index in [1.165, 1.54) is 12.1 Å². The number of fused-ring (bicyclic) bond motifs is 1. The molecule has 8 heteroatoms. The second-order valence-corrected chi connectivity index (χ2v) is 10.7. The highest BCUT2D eigenvalue weighted by Crippen LogP contribution is 2.29. The van der Waals surface area contributed by atoms with Crippen LogP contribution in [0.1, 0.15) is 52.0 Å². The molecule has 3 aromatic carbocycles. The fourth-order valence-corrected chi connectivity index (χ4v) is 6.09. The minimum Gasteiger partial charge on any atom is -0.322 e. The molecule has 1 fully saturated rings. The van der Waals surface area contributed by atoms with E-state index in [-0.39, 0.29) is 22.4 Å². The van der Waals surface area contributed by atoms with Crippen molar-refractivity contribution in [2.45, 2.75) is 43.0 Å². The van der Waals surface area contributed by atoms with Gasteiger partial charge in [-0.1, -0.05) is 37.1 Å². The van der Waals surface area contributed by atoms with E-state index in [1.807, 2.05) is 24.3 Å². The Balaban J connectivity index is 1.26. The molecule has 1 saturated carbocycles. The van der Waals surface area contributed by atoms with Gasteiger partial charge in [0.05, 0.1) is 4.90 Å². The largest absolute Gasteiger partial charge is 0.322 e. The predicted molar refractivity (Wildman–Crippen MR) is 135 cm³/mol. The van der Waals surface area contributed by atoms with Gasteiger partial charge < -0.3 is 10.2 Å². The number of sulfonamides is 1. The molecule has 2 aliphatic rings. The van der Waals surface area contributed by atoms with Crippen molar-refractivity contribution in [1.29, 1.82) is 0 Å². The summed E-state index contributed by atoms with van der Waals surface area (Å²) >= 11 is 0. The standard InChI is InChI=1S/C27H27N3O4S/c31-26(21-7-5-10-24(18-21)35(33,34)29-23-8-2-3-9-23)28-22-14-12-20(13-15-22)27(32)30-17-16-19-6-1-4-11-25(19)30/h1,4-7,10-15,18,23,29H,2-3,8-9,16-17H2,(H,28,31). The maximum Gasteiger partial charge on any atom is 0.258 e. The fraction of sp³-hybridized carbons (Fsp3) is 0.259. The fourth-order valence-electron chi connectivity index (χ4n) is 4.74. The van der Waals surface area contributed by atoms with Gasteiger partial charge in [-0.05, 0) is 73.4 Å². The van der Waals surface area contributed by atoms with Gasteiger partial charge in [-0.2, -0.15) is 0 Å². The van der Waals surface area contributed by atoms with Crippen molar-refractivity contribution in [3.63, 3.8) is 0 Å². The van der Waals surface area contributed by atoms with Crippen LogP contribution in [0, 0.1) is 0 Å². The van der Waals surface area contributed by atoms with Crippen LogP contribution in [0.3, 0.4) is 0 Å². The monoisotopic (exact) mass is 489 g/mol. The number of hydrogen-bond donors (Lipinski definition) is 2. The Hall–Kier alpha value is -3.49. The number of nitrogens with one attached hydrogen (secondary N) is 2. The third-order valence-electron chi connectivity index (χ3n) is 6.61. The Bertz CT molecular complexity index is 1360. The number of hydrogen-bond acceptors (Lipinski definition) is 4. The van der Waals surface area contributed by atoms with Crippen LogP contribution in [0.25, 0.3) is 0 Å². The van der Waals surface area contributed by atoms with Gasteiger partial charge in [0.25, 0.3) is 11.8 Å². The molecule has 5 rings (SSSR count). The Morgan fingerprint density at radius 1 is 0.857 bits per heavy atom. The van der Waals surface area contributed by atoms with Crippen LogP contribution in [0.15, 0.2) is 77.7 Å². The molecule has 1 aliphatic heterocycles. The second-order valence-electron chi connectivity index (χ2n) is 9.00. The van der Waals surface area contributed by atoms with Crippen LogP contribution >= 0.6 is 0 Å². The van der Waals surface area contributed by atoms with Gasteiger partial charge in [0.15, 0.2) is 0 Å². The van der Waals surface area contributed by atoms with E-state index >= 15 is 0 Å². The van der Waals surface area contributed by atoms with Crippen molar-refractivity contribution in [3.8, 4) is 0 Å². The van der Waals surface area contributed by atoms with E-state index in [4.69, 9.17) is 0 Å². The third kappa shape index (κ3) is 4.99. The average Bonchev–Trinajstić information content (AvgIpc) is 3.54. The maximum atomic E-state index is 13.0. The van der Waals surface area contributed by atoms with Crippen molar-refractivity contribution >= 4 is 33.2 Å². The first-order valence-electron chi connectivity index (χ1n) is 11.8. The number of para-hydroxylation sites is 1. The highest BCUT2D eigenvalue weighted by atomic mass is 32.2. The van der Waals surface area contributed by atoms with Crippen LogP contribution in [-0.4, -0.2) is 32.8 Å². The summed E-state index contributed by atoms with van der Waals surface area (Å²) in [6, 6.07) is 20.6. The van der Waals surface area contributed by atoms with Crippen molar-refractivity contribution in [2.24, 2.45) is 0 Å². The summed E-state index contributed by atoms with van der Waals surface area (Å²) in [4.78, 5) is 27.6. The minimum atomic E-state index is -3.69. The predicted octanol–water partition coefficient (Wildman–Crippen LogP) is 4.36. The minimum absolute atomic E-state index is 0.0484. The van der Waals surface area contributed by atoms with Gasteiger partial charge in [-0.3, -0.25) is 9.59 Å². The maximum absolute atomic E-state index is 13.0. The van der Waals surface area contributed by atoms with Crippen LogP contribution in [0.2, 0.25) is 0 Å². The summed E-state index contributed by atoms with van der Waals surface area (Å²) in [6.45, 7) is 0.644. The molecule has 7 nitrogen and oxygen atoms in total. The van der Waals surface area contributed by atoms with E-state index in [2.05, 4.69) is 10.0 Å². The Morgan fingerprint density at radius 3 is 2.37 bits per heavy atom. The molecule has 35 heavy (non-hydrogen) atoms. The molecule has 1 heterocycles. The highest BCUT2D eigenvalue weighted by Gasteiger charge is 2.25. The summed E-state index contributed by atoms with van der Waals surface area (Å²) in [5, 5.41) is 2.78. The van der Waals surface area contributed by atoms with Crippen molar-refractivity contribution in [1.82, 2.24) is 4.72 Å². The number of anilines is 2. The summed E-state index contributed by atoms with van der Waals surface area (Å²) < 4.78 is 28.2. The number of carbonyl (C=O) groups excluding carboxylic acids is 2. The van der Waals surface area contributed by atoms with Crippen LogP contribution in [0.5, 0.6) is 0 Å². The number of amides is 2. The Kier molecular flexibility index (Phi) is 6.40. The molecule has 0 bridgehead atoms. The first kappa shape index (κ1) is 23.3. The lowest BCUT2D eigenvalue weighted by atomic mass is 10.1. The lowest BCUT2D eigenvalue weighted by molar-refractivity contribution is 0.0988. The molecular formula is C27H27N3O4S. The Morgan fingerprint density at radius 2 is 1.60 bits per heavy atom. The summed E-state index contributed by atoms with van der Waals surface area (Å²) in [7, 11) is -3.69. The zero-order valence-electron chi connectivity index (χ0n) is 19.2. The van der Waals surface area contributed by atoms with E-state index in [0.717, 1.165) is 43.4 Å². The molecule has 2 N–H and O–H groups in total. The number of carbonyl (C=O) groups is 2. The zero-order valence-corrected chi connectivity index (χ0v) is 20.1. The average molecular weight is 490 g/mol. The summed E-state index contributed by atoms with van der Waals surface area (Å²) in [6.07, 6.45) is 4.54. The normalized spacial score (nSPS) is 15.7. The van der Waals surface area contributed by atoms with Crippen molar-refractivity contribution in [3.05, 3.63) is 89.5 Å². The van der Waals surface area contributed by atoms with Crippen molar-refractivity contribution in [2.75, 3.05) is 16.8 Å². The number of benzene rings is 3. The molecule has 0 aromatic heterocycles. The topological polar surface area (TPSA) is 95.6 Å². The van der Waals surface area contributed by atoms with Gasteiger partial charge in [0.2, 0.25) is 10.0 Å². The quantitative estimate of drug-likeness (QED) is 0.538. The second kappa shape index (κ2) is 9.64. The number of nitrogens with zero attached hydrogens (tertiary/aromatic N) is 1. The molecule has 1 aliphatic carbocycles. The van der Waals surface area contributed by atoms with E-state index < -0.39 is 15.9 Å². The van der Waals surface area contributed by atoms with Gasteiger partial charge in [0.1, 0.15) is 0 Å². The third-order valence-corrected chi connectivity index (χ3v) is 8.12. The molecule has 0 spiro atoms. The summed E-state index contributed by atoms with van der Waals surface area (Å²) in [5.74, 6) is -0.504. The van der Waals surface area contributed by atoms with Crippen LogP contribution in [-0.2, 0) is 16.4 Å².